The number of benzene rings is 1. The molecule has 1 atom stereocenters. The van der Waals surface area contributed by atoms with Crippen LogP contribution in [0.5, 0.6) is 0 Å². The minimum absolute atomic E-state index is 0.0811. The summed E-state index contributed by atoms with van der Waals surface area (Å²) in [6, 6.07) is 9.86. The highest BCUT2D eigenvalue weighted by molar-refractivity contribution is 8.26. The number of carbonyl (C=O) groups excluding carboxylic acids is 2. The Balaban J connectivity index is 1.53. The summed E-state index contributed by atoms with van der Waals surface area (Å²) in [7, 11) is 0. The number of thiocarbonyl (C=S) groups is 1. The van der Waals surface area contributed by atoms with Crippen molar-refractivity contribution in [3.63, 3.8) is 0 Å². The van der Waals surface area contributed by atoms with Crippen molar-refractivity contribution >= 4 is 46.2 Å². The Labute approximate surface area is 175 Å². The molecule has 2 aliphatic heterocycles. The summed E-state index contributed by atoms with van der Waals surface area (Å²) in [5.41, 5.74) is 0.971. The molecule has 1 aromatic rings. The van der Waals surface area contributed by atoms with Gasteiger partial charge in [-0.1, -0.05) is 54.3 Å². The number of rotatable bonds is 7. The van der Waals surface area contributed by atoms with Gasteiger partial charge in [0.15, 0.2) is 0 Å². The number of hydrogen-bond acceptors (Lipinski definition) is 5. The lowest BCUT2D eigenvalue weighted by Gasteiger charge is -2.35. The van der Waals surface area contributed by atoms with E-state index in [2.05, 4.69) is 0 Å². The summed E-state index contributed by atoms with van der Waals surface area (Å²) in [4.78, 5) is 29.4. The van der Waals surface area contributed by atoms with E-state index in [1.54, 1.807) is 4.90 Å². The third kappa shape index (κ3) is 5.21. The molecule has 28 heavy (non-hydrogen) atoms. The van der Waals surface area contributed by atoms with Crippen LogP contribution in [0, 0.1) is 0 Å². The maximum absolute atomic E-state index is 12.7. The molecule has 2 saturated heterocycles. The highest BCUT2D eigenvalue weighted by Crippen LogP contribution is 2.32. The number of thioether (sulfide) groups is 1. The first kappa shape index (κ1) is 21.0. The minimum Gasteiger partial charge on any atom is -0.396 e. The molecular weight excluding hydrogens is 392 g/mol. The second-order valence-electron chi connectivity index (χ2n) is 7.10. The predicted octanol–water partition coefficient (Wildman–Crippen LogP) is 3.43. The number of nitrogens with zero attached hydrogens (tertiary/aromatic N) is 2. The van der Waals surface area contributed by atoms with Crippen molar-refractivity contribution in [3.8, 4) is 0 Å². The molecule has 0 spiro atoms. The van der Waals surface area contributed by atoms with Crippen LogP contribution >= 0.6 is 24.0 Å². The maximum atomic E-state index is 12.7. The number of carbonyl (C=O) groups is 2. The average molecular weight is 419 g/mol. The number of amides is 2. The lowest BCUT2D eigenvalue weighted by atomic mass is 9.99. The molecule has 2 aliphatic rings. The molecular formula is C21H26N2O3S2. The number of piperidine rings is 1. The normalized spacial score (nSPS) is 21.6. The number of aliphatic hydroxyl groups is 1. The van der Waals surface area contributed by atoms with Crippen molar-refractivity contribution in [1.29, 1.82) is 0 Å². The summed E-state index contributed by atoms with van der Waals surface area (Å²) in [5, 5.41) is 9.22. The Morgan fingerprint density at radius 2 is 2.07 bits per heavy atom. The second kappa shape index (κ2) is 10.2. The van der Waals surface area contributed by atoms with Gasteiger partial charge in [0, 0.05) is 32.2 Å². The monoisotopic (exact) mass is 418 g/mol. The summed E-state index contributed by atoms with van der Waals surface area (Å²) < 4.78 is 0.552. The van der Waals surface area contributed by atoms with Crippen molar-refractivity contribution < 1.29 is 14.7 Å². The molecule has 3 rings (SSSR count). The zero-order valence-corrected chi connectivity index (χ0v) is 17.5. The molecule has 7 heteroatoms. The van der Waals surface area contributed by atoms with Crippen molar-refractivity contribution in [2.75, 3.05) is 19.7 Å². The van der Waals surface area contributed by atoms with E-state index >= 15 is 0 Å². The van der Waals surface area contributed by atoms with Crippen LogP contribution in [0.3, 0.4) is 0 Å². The molecule has 1 unspecified atom stereocenters. The molecule has 5 nitrogen and oxygen atoms in total. The van der Waals surface area contributed by atoms with Crippen LogP contribution in [-0.4, -0.2) is 56.8 Å². The SMILES string of the molecule is O=C1C(=Cc2ccccc2)SC(=S)N1CCCC(=O)N1CCCCC1CCO. The molecule has 2 amide bonds. The van der Waals surface area contributed by atoms with Crippen LogP contribution in [0.25, 0.3) is 6.08 Å². The predicted molar refractivity (Wildman–Crippen MR) is 117 cm³/mol. The molecule has 1 N–H and O–H groups in total. The fraction of sp³-hybridized carbons (Fsp3) is 0.476. The molecule has 0 bridgehead atoms. The highest BCUT2D eigenvalue weighted by atomic mass is 32.2. The zero-order chi connectivity index (χ0) is 19.9. The van der Waals surface area contributed by atoms with E-state index in [-0.39, 0.29) is 24.5 Å². The van der Waals surface area contributed by atoms with Crippen molar-refractivity contribution in [2.45, 2.75) is 44.6 Å². The average Bonchev–Trinajstić information content (AvgIpc) is 2.96. The van der Waals surface area contributed by atoms with Crippen LogP contribution in [0.2, 0.25) is 0 Å². The van der Waals surface area contributed by atoms with Crippen LogP contribution in [0.1, 0.15) is 44.1 Å². The fourth-order valence-corrected chi connectivity index (χ4v) is 5.01. The van der Waals surface area contributed by atoms with Gasteiger partial charge in [-0.3, -0.25) is 14.5 Å². The highest BCUT2D eigenvalue weighted by Gasteiger charge is 2.32. The van der Waals surface area contributed by atoms with Gasteiger partial charge in [0.2, 0.25) is 5.91 Å². The molecule has 0 radical (unpaired) electrons. The summed E-state index contributed by atoms with van der Waals surface area (Å²) in [5.74, 6) is 0.0332. The summed E-state index contributed by atoms with van der Waals surface area (Å²) >= 11 is 6.69. The van der Waals surface area contributed by atoms with E-state index < -0.39 is 0 Å². The molecule has 150 valence electrons. The van der Waals surface area contributed by atoms with E-state index in [4.69, 9.17) is 12.2 Å². The first-order chi connectivity index (χ1) is 13.6. The second-order valence-corrected chi connectivity index (χ2v) is 8.77. The van der Waals surface area contributed by atoms with Gasteiger partial charge in [-0.05, 0) is 43.7 Å². The van der Waals surface area contributed by atoms with Gasteiger partial charge in [-0.25, -0.2) is 0 Å². The van der Waals surface area contributed by atoms with Crippen LogP contribution in [0.4, 0.5) is 0 Å². The topological polar surface area (TPSA) is 60.9 Å². The van der Waals surface area contributed by atoms with Gasteiger partial charge in [-0.2, -0.15) is 0 Å². The van der Waals surface area contributed by atoms with Gasteiger partial charge in [0.1, 0.15) is 4.32 Å². The van der Waals surface area contributed by atoms with Gasteiger partial charge < -0.3 is 10.0 Å². The minimum atomic E-state index is -0.0811. The van der Waals surface area contributed by atoms with Crippen molar-refractivity contribution in [2.24, 2.45) is 0 Å². The quantitative estimate of drug-likeness (QED) is 0.543. The third-order valence-electron chi connectivity index (χ3n) is 5.15. The summed E-state index contributed by atoms with van der Waals surface area (Å²) in [6.07, 6.45) is 6.59. The third-order valence-corrected chi connectivity index (χ3v) is 6.53. The van der Waals surface area contributed by atoms with Gasteiger partial charge in [0.05, 0.1) is 4.91 Å². The molecule has 0 saturated carbocycles. The molecule has 1 aromatic carbocycles. The summed E-state index contributed by atoms with van der Waals surface area (Å²) in [6.45, 7) is 1.34. The van der Waals surface area contributed by atoms with Crippen LogP contribution in [0.15, 0.2) is 35.2 Å². The zero-order valence-electron chi connectivity index (χ0n) is 15.9. The molecule has 0 aromatic heterocycles. The van der Waals surface area contributed by atoms with Gasteiger partial charge in [-0.15, -0.1) is 0 Å². The largest absolute Gasteiger partial charge is 0.396 e. The van der Waals surface area contributed by atoms with E-state index in [0.717, 1.165) is 31.4 Å². The Bertz CT molecular complexity index is 749. The molecule has 2 heterocycles. The molecule has 2 fully saturated rings. The lowest BCUT2D eigenvalue weighted by molar-refractivity contribution is -0.135. The van der Waals surface area contributed by atoms with Crippen molar-refractivity contribution in [3.05, 3.63) is 40.8 Å². The smallest absolute Gasteiger partial charge is 0.266 e. The first-order valence-corrected chi connectivity index (χ1v) is 11.0. The van der Waals surface area contributed by atoms with E-state index in [1.807, 2.05) is 41.3 Å². The van der Waals surface area contributed by atoms with Gasteiger partial charge >= 0.3 is 0 Å². The van der Waals surface area contributed by atoms with Gasteiger partial charge in [0.25, 0.3) is 5.91 Å². The number of aliphatic hydroxyl groups excluding tert-OH is 1. The van der Waals surface area contributed by atoms with Crippen molar-refractivity contribution in [1.82, 2.24) is 9.80 Å². The Kier molecular flexibility index (Phi) is 7.65. The fourth-order valence-electron chi connectivity index (χ4n) is 3.70. The van der Waals surface area contributed by atoms with Crippen LogP contribution < -0.4 is 0 Å². The van der Waals surface area contributed by atoms with E-state index in [1.165, 1.54) is 11.8 Å². The lowest BCUT2D eigenvalue weighted by Crippen LogP contribution is -2.44. The van der Waals surface area contributed by atoms with Crippen LogP contribution in [-0.2, 0) is 9.59 Å². The van der Waals surface area contributed by atoms with E-state index in [9.17, 15) is 14.7 Å². The number of likely N-dealkylation sites (tertiary alicyclic amines) is 1. The van der Waals surface area contributed by atoms with E-state index in [0.29, 0.717) is 35.0 Å². The Morgan fingerprint density at radius 1 is 1.29 bits per heavy atom. The first-order valence-electron chi connectivity index (χ1n) is 9.81. The number of hydrogen-bond donors (Lipinski definition) is 1. The maximum Gasteiger partial charge on any atom is 0.266 e. The Hall–Kier alpha value is -1.70. The Morgan fingerprint density at radius 3 is 2.82 bits per heavy atom. The molecule has 0 aliphatic carbocycles. The standard InChI is InChI=1S/C21H26N2O3S2/c24-14-11-17-9-4-5-12-22(17)19(25)10-6-13-23-20(26)18(28-21(23)27)15-16-7-2-1-3-8-16/h1-3,7-8,15,17,24H,4-6,9-14H2.